The number of nitrogens with one attached hydrogen (secondary N) is 1. The van der Waals surface area contributed by atoms with E-state index in [2.05, 4.69) is 17.4 Å². The minimum atomic E-state index is 0.243. The molecule has 1 fully saturated rings. The molecule has 0 saturated carbocycles. The molecule has 2 aliphatic rings. The lowest BCUT2D eigenvalue weighted by molar-refractivity contribution is 0.0624. The predicted molar refractivity (Wildman–Crippen MR) is 63.1 cm³/mol. The van der Waals surface area contributed by atoms with E-state index in [1.54, 1.807) is 7.11 Å². The molecule has 1 aromatic carbocycles. The van der Waals surface area contributed by atoms with Gasteiger partial charge in [-0.05, 0) is 30.9 Å². The van der Waals surface area contributed by atoms with Crippen LogP contribution in [0.25, 0.3) is 0 Å². The zero-order chi connectivity index (χ0) is 11.0. The van der Waals surface area contributed by atoms with Gasteiger partial charge in [-0.25, -0.2) is 0 Å². The SMILES string of the molecule is COc1ccc2c(c1)NC1(CCOCC1)C2. The van der Waals surface area contributed by atoms with Crippen molar-refractivity contribution in [1.82, 2.24) is 0 Å². The summed E-state index contributed by atoms with van der Waals surface area (Å²) in [4.78, 5) is 0. The molecule has 0 radical (unpaired) electrons. The summed E-state index contributed by atoms with van der Waals surface area (Å²) in [6.07, 6.45) is 3.32. The fourth-order valence-corrected chi connectivity index (χ4v) is 2.71. The Bertz CT molecular complexity index is 397. The second-order valence-corrected chi connectivity index (χ2v) is 4.72. The number of rotatable bonds is 1. The molecule has 1 aromatic rings. The van der Waals surface area contributed by atoms with Gasteiger partial charge in [0, 0.05) is 30.5 Å². The molecule has 0 aromatic heterocycles. The molecule has 86 valence electrons. The highest BCUT2D eigenvalue weighted by atomic mass is 16.5. The maximum atomic E-state index is 5.44. The number of methoxy groups -OCH3 is 1. The van der Waals surface area contributed by atoms with E-state index in [0.29, 0.717) is 0 Å². The van der Waals surface area contributed by atoms with Crippen LogP contribution in [0.1, 0.15) is 18.4 Å². The molecule has 0 bridgehead atoms. The Hall–Kier alpha value is -1.22. The van der Waals surface area contributed by atoms with E-state index in [0.717, 1.165) is 38.2 Å². The molecule has 1 saturated heterocycles. The molecule has 2 aliphatic heterocycles. The van der Waals surface area contributed by atoms with Gasteiger partial charge in [-0.15, -0.1) is 0 Å². The van der Waals surface area contributed by atoms with Crippen LogP contribution in [0.3, 0.4) is 0 Å². The molecule has 1 N–H and O–H groups in total. The van der Waals surface area contributed by atoms with E-state index in [1.165, 1.54) is 11.3 Å². The third kappa shape index (κ3) is 1.55. The average Bonchev–Trinajstić information content (AvgIpc) is 2.66. The summed E-state index contributed by atoms with van der Waals surface area (Å²) in [5, 5.41) is 3.66. The lowest BCUT2D eigenvalue weighted by Gasteiger charge is -2.34. The Morgan fingerprint density at radius 2 is 2.12 bits per heavy atom. The van der Waals surface area contributed by atoms with Gasteiger partial charge in [0.1, 0.15) is 5.75 Å². The van der Waals surface area contributed by atoms with Gasteiger partial charge in [-0.1, -0.05) is 6.07 Å². The summed E-state index contributed by atoms with van der Waals surface area (Å²) < 4.78 is 10.7. The molecule has 3 heteroatoms. The smallest absolute Gasteiger partial charge is 0.120 e. The molecule has 0 amide bonds. The first-order valence-corrected chi connectivity index (χ1v) is 5.84. The van der Waals surface area contributed by atoms with Gasteiger partial charge < -0.3 is 14.8 Å². The highest BCUT2D eigenvalue weighted by Crippen LogP contribution is 2.39. The summed E-state index contributed by atoms with van der Waals surface area (Å²) in [6, 6.07) is 6.31. The molecule has 3 rings (SSSR count). The maximum absolute atomic E-state index is 5.44. The Morgan fingerprint density at radius 3 is 2.88 bits per heavy atom. The van der Waals surface area contributed by atoms with Crippen molar-refractivity contribution in [3.05, 3.63) is 23.8 Å². The average molecular weight is 219 g/mol. The molecule has 0 aliphatic carbocycles. The molecular formula is C13H17NO2. The van der Waals surface area contributed by atoms with Crippen LogP contribution in [-0.4, -0.2) is 25.9 Å². The Balaban J connectivity index is 1.87. The van der Waals surface area contributed by atoms with Crippen molar-refractivity contribution in [2.75, 3.05) is 25.6 Å². The molecule has 1 spiro atoms. The minimum Gasteiger partial charge on any atom is -0.497 e. The number of hydrogen-bond acceptors (Lipinski definition) is 3. The summed E-state index contributed by atoms with van der Waals surface area (Å²) in [5.41, 5.74) is 2.89. The number of anilines is 1. The molecule has 3 nitrogen and oxygen atoms in total. The second-order valence-electron chi connectivity index (χ2n) is 4.72. The van der Waals surface area contributed by atoms with Gasteiger partial charge in [0.05, 0.1) is 7.11 Å². The topological polar surface area (TPSA) is 30.5 Å². The van der Waals surface area contributed by atoms with Crippen LogP contribution in [0.15, 0.2) is 18.2 Å². The van der Waals surface area contributed by atoms with Crippen molar-refractivity contribution in [3.8, 4) is 5.75 Å². The minimum absolute atomic E-state index is 0.243. The van der Waals surface area contributed by atoms with Crippen LogP contribution in [0, 0.1) is 0 Å². The van der Waals surface area contributed by atoms with Crippen molar-refractivity contribution in [1.29, 1.82) is 0 Å². The van der Waals surface area contributed by atoms with E-state index in [-0.39, 0.29) is 5.54 Å². The highest BCUT2D eigenvalue weighted by molar-refractivity contribution is 5.61. The maximum Gasteiger partial charge on any atom is 0.120 e. The zero-order valence-electron chi connectivity index (χ0n) is 9.58. The van der Waals surface area contributed by atoms with Crippen LogP contribution >= 0.6 is 0 Å². The molecule has 16 heavy (non-hydrogen) atoms. The summed E-state index contributed by atoms with van der Waals surface area (Å²) in [5.74, 6) is 0.926. The normalized spacial score (nSPS) is 21.6. The lowest BCUT2D eigenvalue weighted by atomic mass is 9.87. The van der Waals surface area contributed by atoms with E-state index in [1.807, 2.05) is 6.07 Å². The lowest BCUT2D eigenvalue weighted by Crippen LogP contribution is -2.41. The predicted octanol–water partition coefficient (Wildman–Crippen LogP) is 2.21. The third-order valence-corrected chi connectivity index (χ3v) is 3.70. The first-order valence-electron chi connectivity index (χ1n) is 5.84. The van der Waals surface area contributed by atoms with Gasteiger partial charge in [0.2, 0.25) is 0 Å². The van der Waals surface area contributed by atoms with Crippen LogP contribution in [-0.2, 0) is 11.2 Å². The molecular weight excluding hydrogens is 202 g/mol. The van der Waals surface area contributed by atoms with E-state index in [9.17, 15) is 0 Å². The Labute approximate surface area is 95.8 Å². The summed E-state index contributed by atoms with van der Waals surface area (Å²) >= 11 is 0. The highest BCUT2D eigenvalue weighted by Gasteiger charge is 2.38. The van der Waals surface area contributed by atoms with Gasteiger partial charge in [-0.3, -0.25) is 0 Å². The largest absolute Gasteiger partial charge is 0.497 e. The third-order valence-electron chi connectivity index (χ3n) is 3.70. The molecule has 2 heterocycles. The standard InChI is InChI=1S/C13H17NO2/c1-15-11-3-2-10-9-13(14-12(10)8-11)4-6-16-7-5-13/h2-3,8,14H,4-7,9H2,1H3. The van der Waals surface area contributed by atoms with Crippen LogP contribution in [0.5, 0.6) is 5.75 Å². The van der Waals surface area contributed by atoms with Crippen molar-refractivity contribution in [2.24, 2.45) is 0 Å². The van der Waals surface area contributed by atoms with Crippen molar-refractivity contribution < 1.29 is 9.47 Å². The molecule has 0 unspecified atom stereocenters. The van der Waals surface area contributed by atoms with Gasteiger partial charge in [-0.2, -0.15) is 0 Å². The van der Waals surface area contributed by atoms with Crippen LogP contribution < -0.4 is 10.1 Å². The van der Waals surface area contributed by atoms with Crippen molar-refractivity contribution >= 4 is 5.69 Å². The summed E-state index contributed by atoms with van der Waals surface area (Å²) in [7, 11) is 1.71. The molecule has 0 atom stereocenters. The van der Waals surface area contributed by atoms with E-state index >= 15 is 0 Å². The number of fused-ring (bicyclic) bond motifs is 1. The number of hydrogen-bond donors (Lipinski definition) is 1. The van der Waals surface area contributed by atoms with Crippen molar-refractivity contribution in [2.45, 2.75) is 24.8 Å². The first kappa shape index (κ1) is 9.97. The summed E-state index contributed by atoms with van der Waals surface area (Å²) in [6.45, 7) is 1.75. The monoisotopic (exact) mass is 219 g/mol. The van der Waals surface area contributed by atoms with E-state index < -0.39 is 0 Å². The fraction of sp³-hybridized carbons (Fsp3) is 0.538. The van der Waals surface area contributed by atoms with Gasteiger partial charge >= 0.3 is 0 Å². The van der Waals surface area contributed by atoms with Gasteiger partial charge in [0.25, 0.3) is 0 Å². The Kier molecular flexibility index (Phi) is 2.28. The quantitative estimate of drug-likeness (QED) is 0.785. The first-order chi connectivity index (χ1) is 7.81. The second kappa shape index (κ2) is 3.67. The fourth-order valence-electron chi connectivity index (χ4n) is 2.71. The number of benzene rings is 1. The Morgan fingerprint density at radius 1 is 1.31 bits per heavy atom. The number of ether oxygens (including phenoxy) is 2. The van der Waals surface area contributed by atoms with E-state index in [4.69, 9.17) is 9.47 Å². The zero-order valence-corrected chi connectivity index (χ0v) is 9.58. The van der Waals surface area contributed by atoms with Crippen LogP contribution in [0.2, 0.25) is 0 Å². The van der Waals surface area contributed by atoms with Crippen LogP contribution in [0.4, 0.5) is 5.69 Å². The van der Waals surface area contributed by atoms with Crippen molar-refractivity contribution in [3.63, 3.8) is 0 Å². The van der Waals surface area contributed by atoms with Gasteiger partial charge in [0.15, 0.2) is 0 Å².